The molecule has 254 valence electrons. The number of fused-ring (bicyclic) bond motifs is 4. The van der Waals surface area contributed by atoms with Crippen molar-refractivity contribution in [2.75, 3.05) is 29.3 Å². The summed E-state index contributed by atoms with van der Waals surface area (Å²) in [5.74, 6) is 0.192. The van der Waals surface area contributed by atoms with E-state index in [1.54, 1.807) is 35.5 Å². The maximum atomic E-state index is 14.4. The molecular formula is C36H45N7O4S. The highest BCUT2D eigenvalue weighted by Crippen LogP contribution is 2.34. The van der Waals surface area contributed by atoms with Crippen LogP contribution < -0.4 is 14.4 Å². The molecule has 0 radical (unpaired) electrons. The molecular weight excluding hydrogens is 627 g/mol. The number of ether oxygens (including phenoxy) is 1. The van der Waals surface area contributed by atoms with Gasteiger partial charge in [0.25, 0.3) is 15.9 Å². The van der Waals surface area contributed by atoms with Gasteiger partial charge in [0.15, 0.2) is 0 Å². The summed E-state index contributed by atoms with van der Waals surface area (Å²) in [5.41, 5.74) is 4.56. The van der Waals surface area contributed by atoms with Gasteiger partial charge in [0, 0.05) is 31.7 Å². The van der Waals surface area contributed by atoms with E-state index in [-0.39, 0.29) is 53.6 Å². The Balaban J connectivity index is 0.00000468. The Morgan fingerprint density at radius 1 is 1.00 bits per heavy atom. The second-order valence-corrected chi connectivity index (χ2v) is 16.5. The number of aromatic nitrogens is 4. The van der Waals surface area contributed by atoms with Gasteiger partial charge in [-0.15, -0.1) is 0 Å². The molecule has 1 N–H and O–H groups in total. The summed E-state index contributed by atoms with van der Waals surface area (Å²) in [6, 6.07) is 13.2. The van der Waals surface area contributed by atoms with Crippen molar-refractivity contribution < 1.29 is 19.4 Å². The van der Waals surface area contributed by atoms with Gasteiger partial charge in [0.1, 0.15) is 12.4 Å². The summed E-state index contributed by atoms with van der Waals surface area (Å²) in [5, 5.41) is 0. The van der Waals surface area contributed by atoms with Crippen LogP contribution in [0.15, 0.2) is 65.8 Å². The Hall–Kier alpha value is -4.58. The van der Waals surface area contributed by atoms with E-state index < -0.39 is 16.1 Å². The van der Waals surface area contributed by atoms with Crippen LogP contribution in [0.3, 0.4) is 0 Å². The van der Waals surface area contributed by atoms with Crippen molar-refractivity contribution in [3.8, 4) is 17.1 Å². The van der Waals surface area contributed by atoms with Crippen molar-refractivity contribution >= 4 is 27.6 Å². The van der Waals surface area contributed by atoms with Gasteiger partial charge in [0.2, 0.25) is 11.8 Å². The maximum Gasteiger partial charge on any atom is 0.264 e. The average Bonchev–Trinajstić information content (AvgIpc) is 3.00. The lowest BCUT2D eigenvalue weighted by molar-refractivity contribution is 0.0505. The van der Waals surface area contributed by atoms with E-state index in [0.29, 0.717) is 17.9 Å². The number of nitrogens with zero attached hydrogens (tertiary/aromatic N) is 6. The monoisotopic (exact) mass is 671 g/mol. The van der Waals surface area contributed by atoms with Crippen molar-refractivity contribution in [3.63, 3.8) is 0 Å². The average molecular weight is 672 g/mol. The van der Waals surface area contributed by atoms with Crippen molar-refractivity contribution in [2.45, 2.75) is 72.4 Å². The van der Waals surface area contributed by atoms with Gasteiger partial charge in [-0.25, -0.2) is 28.1 Å². The van der Waals surface area contributed by atoms with Gasteiger partial charge >= 0.3 is 0 Å². The van der Waals surface area contributed by atoms with Crippen molar-refractivity contribution in [2.24, 2.45) is 10.8 Å². The quantitative estimate of drug-likeness (QED) is 0.260. The molecule has 11 nitrogen and oxygen atoms in total. The summed E-state index contributed by atoms with van der Waals surface area (Å²) in [6.45, 7) is 16.8. The third-order valence-electron chi connectivity index (χ3n) is 8.64. The Bertz CT molecular complexity index is 1930. The fraction of sp³-hybridized carbons (Fsp3) is 0.417. The SMILES string of the molecule is Cc1cccc(C)c1-c1cc2nc(n1)NS(=O)(=O)c1cccc(c1)C(=O)N(Cc1ncc(N3CC(C)(C)C3)cn1)[C@H](CC(C)(C)C)CO2.[HH]. The van der Waals surface area contributed by atoms with E-state index in [1.165, 1.54) is 12.1 Å². The van der Waals surface area contributed by atoms with Crippen molar-refractivity contribution in [1.29, 1.82) is 0 Å². The lowest BCUT2D eigenvalue weighted by atomic mass is 9.84. The highest BCUT2D eigenvalue weighted by Gasteiger charge is 2.35. The summed E-state index contributed by atoms with van der Waals surface area (Å²) < 4.78 is 36.2. The molecule has 0 saturated carbocycles. The zero-order valence-corrected chi connectivity index (χ0v) is 29.4. The number of aryl methyl sites for hydroxylation is 2. The Labute approximate surface area is 284 Å². The molecule has 2 aromatic carbocycles. The molecule has 12 heteroatoms. The number of anilines is 2. The molecule has 1 fully saturated rings. The highest BCUT2D eigenvalue weighted by molar-refractivity contribution is 7.92. The number of nitrogens with one attached hydrogen (secondary N) is 1. The zero-order valence-electron chi connectivity index (χ0n) is 28.6. The van der Waals surface area contributed by atoms with Gasteiger partial charge < -0.3 is 14.5 Å². The molecule has 0 spiro atoms. The van der Waals surface area contributed by atoms with Gasteiger partial charge in [0.05, 0.1) is 41.3 Å². The van der Waals surface area contributed by atoms with E-state index in [9.17, 15) is 13.2 Å². The smallest absolute Gasteiger partial charge is 0.264 e. The number of hydrogen-bond acceptors (Lipinski definition) is 9. The topological polar surface area (TPSA) is 131 Å². The van der Waals surface area contributed by atoms with Gasteiger partial charge in [-0.05, 0) is 60.4 Å². The van der Waals surface area contributed by atoms with Crippen molar-refractivity contribution in [3.05, 3.63) is 83.4 Å². The van der Waals surface area contributed by atoms with Crippen LogP contribution in [0.1, 0.15) is 69.8 Å². The number of hydrogen-bond donors (Lipinski definition) is 1. The lowest BCUT2D eigenvalue weighted by Crippen LogP contribution is -2.53. The third-order valence-corrected chi connectivity index (χ3v) is 9.96. The first-order valence-corrected chi connectivity index (χ1v) is 17.6. The van der Waals surface area contributed by atoms with Gasteiger partial charge in [-0.2, -0.15) is 4.98 Å². The minimum absolute atomic E-state index is 0. The molecule has 2 aliphatic heterocycles. The maximum absolute atomic E-state index is 14.4. The van der Waals surface area contributed by atoms with Crippen LogP contribution in [-0.2, 0) is 16.6 Å². The molecule has 2 aromatic heterocycles. The summed E-state index contributed by atoms with van der Waals surface area (Å²) in [6.07, 6.45) is 4.18. The predicted molar refractivity (Wildman–Crippen MR) is 188 cm³/mol. The molecule has 0 aliphatic carbocycles. The molecule has 4 bridgehead atoms. The first kappa shape index (κ1) is 33.3. The fourth-order valence-electron chi connectivity index (χ4n) is 6.46. The molecule has 4 aromatic rings. The second kappa shape index (κ2) is 12.5. The summed E-state index contributed by atoms with van der Waals surface area (Å²) >= 11 is 0. The number of amides is 1. The van der Waals surface area contributed by atoms with Crippen LogP contribution in [0.4, 0.5) is 11.6 Å². The second-order valence-electron chi connectivity index (χ2n) is 14.9. The van der Waals surface area contributed by atoms with E-state index in [4.69, 9.17) is 4.74 Å². The highest BCUT2D eigenvalue weighted by atomic mass is 32.2. The number of sulfonamides is 1. The fourth-order valence-corrected chi connectivity index (χ4v) is 7.45. The van der Waals surface area contributed by atoms with Crippen LogP contribution in [0.5, 0.6) is 5.88 Å². The van der Waals surface area contributed by atoms with Crippen molar-refractivity contribution in [1.82, 2.24) is 24.8 Å². The standard InChI is InChI=1S/C36H43N7O4S.H2/c1-23-10-8-11-24(2)32(23)29-15-31-40-34(39-29)41-48(45,46)28-13-9-12-25(14-28)33(44)43(26(20-47-31)16-35(3,4)5)19-30-37-17-27(18-38-30)42-21-36(6,7)22-42;/h8-15,17-18,26H,16,19-22H2,1-7H3,(H,39,40,41);1H/t26-;/m1./s1. The Morgan fingerprint density at radius 3 is 2.31 bits per heavy atom. The van der Waals surface area contributed by atoms with E-state index in [1.807, 2.05) is 32.0 Å². The largest absolute Gasteiger partial charge is 0.475 e. The molecule has 4 heterocycles. The third kappa shape index (κ3) is 7.28. The van der Waals surface area contributed by atoms with Crippen LogP contribution in [0, 0.1) is 24.7 Å². The first-order valence-electron chi connectivity index (χ1n) is 16.2. The normalized spacial score (nSPS) is 18.8. The minimum Gasteiger partial charge on any atom is -0.475 e. The number of carbonyl (C=O) groups is 1. The molecule has 2 aliphatic rings. The lowest BCUT2D eigenvalue weighted by Gasteiger charge is -2.47. The molecule has 6 rings (SSSR count). The van der Waals surface area contributed by atoms with Crippen LogP contribution in [0.25, 0.3) is 11.3 Å². The predicted octanol–water partition coefficient (Wildman–Crippen LogP) is 6.28. The van der Waals surface area contributed by atoms with Gasteiger partial charge in [-0.3, -0.25) is 4.79 Å². The molecule has 1 atom stereocenters. The number of benzene rings is 2. The van der Waals surface area contributed by atoms with Crippen LogP contribution in [0.2, 0.25) is 0 Å². The van der Waals surface area contributed by atoms with Crippen LogP contribution >= 0.6 is 0 Å². The molecule has 0 unspecified atom stereocenters. The van der Waals surface area contributed by atoms with E-state index in [2.05, 4.69) is 64.2 Å². The summed E-state index contributed by atoms with van der Waals surface area (Å²) in [7, 11) is -4.17. The molecule has 1 saturated heterocycles. The number of carbonyl (C=O) groups excluding carboxylic acids is 1. The van der Waals surface area contributed by atoms with E-state index >= 15 is 0 Å². The van der Waals surface area contributed by atoms with E-state index in [0.717, 1.165) is 35.5 Å². The molecule has 1 amide bonds. The Kier molecular flexibility index (Phi) is 8.65. The summed E-state index contributed by atoms with van der Waals surface area (Å²) in [4.78, 5) is 36.6. The zero-order chi connectivity index (χ0) is 34.4. The first-order chi connectivity index (χ1) is 22.6. The van der Waals surface area contributed by atoms with Crippen LogP contribution in [-0.4, -0.2) is 64.9 Å². The van der Waals surface area contributed by atoms with Gasteiger partial charge in [-0.1, -0.05) is 58.9 Å². The minimum atomic E-state index is -4.17. The Morgan fingerprint density at radius 2 is 1.67 bits per heavy atom. The number of rotatable bonds is 5. The molecule has 48 heavy (non-hydrogen) atoms.